The Bertz CT molecular complexity index is 1240. The second-order valence-electron chi connectivity index (χ2n) is 9.01. The summed E-state index contributed by atoms with van der Waals surface area (Å²) in [6, 6.07) is 14.6. The van der Waals surface area contributed by atoms with Crippen LogP contribution in [0.25, 0.3) is 21.0 Å². The lowest BCUT2D eigenvalue weighted by Crippen LogP contribution is -2.41. The average molecular weight is 487 g/mol. The number of ether oxygens (including phenoxy) is 1. The van der Waals surface area contributed by atoms with E-state index in [1.54, 1.807) is 18.4 Å². The van der Waals surface area contributed by atoms with Crippen molar-refractivity contribution in [3.8, 4) is 26.8 Å². The van der Waals surface area contributed by atoms with Crippen molar-refractivity contribution in [2.75, 3.05) is 13.7 Å². The molecule has 9 heteroatoms. The highest BCUT2D eigenvalue weighted by Crippen LogP contribution is 2.46. The number of rotatable bonds is 6. The number of benzene rings is 2. The molecular weight excluding hydrogens is 459 g/mol. The molecule has 5 rings (SSSR count). The summed E-state index contributed by atoms with van der Waals surface area (Å²) in [6.07, 6.45) is 4.06. The Labute approximate surface area is 196 Å². The first kappa shape index (κ1) is 22.7. The minimum absolute atomic E-state index is 0.129. The van der Waals surface area contributed by atoms with Crippen LogP contribution in [0.4, 0.5) is 0 Å². The van der Waals surface area contributed by atoms with E-state index in [1.165, 1.54) is 21.6 Å². The molecule has 3 aromatic rings. The Kier molecular flexibility index (Phi) is 5.93. The molecule has 1 aromatic heterocycles. The standard InChI is InChI=1S/C24H27N2O5PS/c1-30-19-4-2-3-17(12-19)23-26-21-8-6-16-11-15(5-7-20(16)22(21)33-23)18-9-10-24(25,13-18)14-31-32(27,28)29/h2-5,7,11-12,18H,6,8-10,13-14,25H2,1H3,(H2,27,28,29)/t18-,24+/m0/s1. The van der Waals surface area contributed by atoms with Crippen LogP contribution in [-0.2, 0) is 21.9 Å². The third-order valence-electron chi connectivity index (χ3n) is 6.65. The minimum atomic E-state index is -4.52. The Hall–Kier alpha value is -2.06. The number of nitrogens with zero attached hydrogens (tertiary/aromatic N) is 1. The van der Waals surface area contributed by atoms with Gasteiger partial charge < -0.3 is 20.3 Å². The van der Waals surface area contributed by atoms with Crippen LogP contribution < -0.4 is 10.5 Å². The van der Waals surface area contributed by atoms with Crippen molar-refractivity contribution in [3.63, 3.8) is 0 Å². The predicted molar refractivity (Wildman–Crippen MR) is 128 cm³/mol. The van der Waals surface area contributed by atoms with Gasteiger partial charge >= 0.3 is 7.82 Å². The van der Waals surface area contributed by atoms with Crippen LogP contribution in [0.3, 0.4) is 0 Å². The van der Waals surface area contributed by atoms with Crippen molar-refractivity contribution >= 4 is 19.2 Å². The molecule has 0 radical (unpaired) electrons. The maximum absolute atomic E-state index is 11.1. The molecule has 0 unspecified atom stereocenters. The van der Waals surface area contributed by atoms with Gasteiger partial charge in [-0.25, -0.2) is 9.55 Å². The van der Waals surface area contributed by atoms with Crippen LogP contribution in [0.2, 0.25) is 0 Å². The van der Waals surface area contributed by atoms with Gasteiger partial charge in [0.25, 0.3) is 0 Å². The lowest BCUT2D eigenvalue weighted by atomic mass is 9.87. The second-order valence-corrected chi connectivity index (χ2v) is 11.2. The van der Waals surface area contributed by atoms with E-state index in [-0.39, 0.29) is 12.5 Å². The van der Waals surface area contributed by atoms with Crippen molar-refractivity contribution in [1.29, 1.82) is 0 Å². The molecule has 7 nitrogen and oxygen atoms in total. The van der Waals surface area contributed by atoms with Gasteiger partial charge in [0.15, 0.2) is 0 Å². The highest BCUT2D eigenvalue weighted by molar-refractivity contribution is 7.46. The number of hydrogen-bond donors (Lipinski definition) is 3. The molecule has 2 atom stereocenters. The van der Waals surface area contributed by atoms with Crippen molar-refractivity contribution in [2.24, 2.45) is 5.73 Å². The molecule has 1 heterocycles. The smallest absolute Gasteiger partial charge is 0.469 e. The zero-order chi connectivity index (χ0) is 23.2. The topological polar surface area (TPSA) is 115 Å². The summed E-state index contributed by atoms with van der Waals surface area (Å²) in [5.74, 6) is 1.08. The van der Waals surface area contributed by atoms with Gasteiger partial charge in [0, 0.05) is 11.1 Å². The minimum Gasteiger partial charge on any atom is -0.497 e. The maximum atomic E-state index is 11.1. The summed E-state index contributed by atoms with van der Waals surface area (Å²) in [4.78, 5) is 24.2. The average Bonchev–Trinajstić information content (AvgIpc) is 3.42. The molecule has 33 heavy (non-hydrogen) atoms. The normalized spacial score (nSPS) is 22.1. The van der Waals surface area contributed by atoms with E-state index in [1.807, 2.05) is 18.2 Å². The summed E-state index contributed by atoms with van der Waals surface area (Å²) >= 11 is 1.72. The van der Waals surface area contributed by atoms with E-state index in [4.69, 9.17) is 29.8 Å². The first-order valence-electron chi connectivity index (χ1n) is 11.0. The first-order valence-corrected chi connectivity index (χ1v) is 13.3. The Balaban J connectivity index is 1.37. The fraction of sp³-hybridized carbons (Fsp3) is 0.375. The largest absolute Gasteiger partial charge is 0.497 e. The number of phosphoric acid groups is 1. The fourth-order valence-electron chi connectivity index (χ4n) is 4.94. The number of phosphoric ester groups is 1. The van der Waals surface area contributed by atoms with Gasteiger partial charge in [-0.3, -0.25) is 4.52 Å². The summed E-state index contributed by atoms with van der Waals surface area (Å²) in [7, 11) is -2.85. The van der Waals surface area contributed by atoms with Crippen LogP contribution in [0.1, 0.15) is 42.0 Å². The second kappa shape index (κ2) is 8.62. The monoisotopic (exact) mass is 486 g/mol. The molecule has 0 spiro atoms. The summed E-state index contributed by atoms with van der Waals surface area (Å²) in [6.45, 7) is -0.129. The molecule has 2 aliphatic carbocycles. The molecular formula is C24H27N2O5PS. The lowest BCUT2D eigenvalue weighted by molar-refractivity contribution is 0.153. The Morgan fingerprint density at radius 2 is 2.09 bits per heavy atom. The number of aryl methyl sites for hydroxylation is 2. The summed E-state index contributed by atoms with van der Waals surface area (Å²) < 4.78 is 21.1. The highest BCUT2D eigenvalue weighted by Gasteiger charge is 2.38. The SMILES string of the molecule is COc1cccc(-c2nc3c(s2)-c2ccc([C@H]4CC[C@](N)(COP(=O)(O)O)C4)cc2CC3)c1. The summed E-state index contributed by atoms with van der Waals surface area (Å²) in [5, 5.41) is 1.00. The van der Waals surface area contributed by atoms with Gasteiger partial charge in [-0.2, -0.15) is 0 Å². The molecule has 0 saturated heterocycles. The van der Waals surface area contributed by atoms with Gasteiger partial charge in [-0.05, 0) is 66.8 Å². The number of hydrogen-bond acceptors (Lipinski definition) is 6. The van der Waals surface area contributed by atoms with Crippen LogP contribution in [0.15, 0.2) is 42.5 Å². The molecule has 0 amide bonds. The van der Waals surface area contributed by atoms with Gasteiger partial charge in [-0.15, -0.1) is 11.3 Å². The number of thiazole rings is 1. The highest BCUT2D eigenvalue weighted by atomic mass is 32.1. The molecule has 2 aromatic carbocycles. The number of nitrogens with two attached hydrogens (primary N) is 1. The van der Waals surface area contributed by atoms with Crippen molar-refractivity contribution < 1.29 is 23.6 Å². The Morgan fingerprint density at radius 3 is 2.88 bits per heavy atom. The third kappa shape index (κ3) is 4.78. The fourth-order valence-corrected chi connectivity index (χ4v) is 6.54. The van der Waals surface area contributed by atoms with Crippen LogP contribution >= 0.6 is 19.2 Å². The van der Waals surface area contributed by atoms with Crippen molar-refractivity contribution in [1.82, 2.24) is 4.98 Å². The molecule has 174 valence electrons. The third-order valence-corrected chi connectivity index (χ3v) is 8.30. The van der Waals surface area contributed by atoms with E-state index in [0.717, 1.165) is 41.3 Å². The molecule has 4 N–H and O–H groups in total. The van der Waals surface area contributed by atoms with Crippen molar-refractivity contribution in [3.05, 3.63) is 59.3 Å². The quantitative estimate of drug-likeness (QED) is 0.434. The van der Waals surface area contributed by atoms with Crippen molar-refractivity contribution in [2.45, 2.75) is 43.6 Å². The first-order chi connectivity index (χ1) is 15.7. The number of fused-ring (bicyclic) bond motifs is 3. The van der Waals surface area contributed by atoms with E-state index in [0.29, 0.717) is 12.8 Å². The van der Waals surface area contributed by atoms with E-state index in [9.17, 15) is 4.57 Å². The predicted octanol–water partition coefficient (Wildman–Crippen LogP) is 4.66. The number of methoxy groups -OCH3 is 1. The van der Waals surface area contributed by atoms with Gasteiger partial charge in [-0.1, -0.05) is 30.3 Å². The van der Waals surface area contributed by atoms with E-state index >= 15 is 0 Å². The molecule has 0 aliphatic heterocycles. The van der Waals surface area contributed by atoms with Gasteiger partial charge in [0.05, 0.1) is 24.3 Å². The zero-order valence-electron chi connectivity index (χ0n) is 18.4. The number of aromatic nitrogens is 1. The van der Waals surface area contributed by atoms with Gasteiger partial charge in [0.1, 0.15) is 10.8 Å². The van der Waals surface area contributed by atoms with Gasteiger partial charge in [0.2, 0.25) is 0 Å². The van der Waals surface area contributed by atoms with Crippen LogP contribution in [0, 0.1) is 0 Å². The summed E-state index contributed by atoms with van der Waals surface area (Å²) in [5.41, 5.74) is 11.7. The molecule has 1 fully saturated rings. The van der Waals surface area contributed by atoms with E-state index in [2.05, 4.69) is 24.3 Å². The maximum Gasteiger partial charge on any atom is 0.469 e. The lowest BCUT2D eigenvalue weighted by Gasteiger charge is -2.24. The molecule has 2 aliphatic rings. The van der Waals surface area contributed by atoms with Crippen LogP contribution in [0.5, 0.6) is 5.75 Å². The van der Waals surface area contributed by atoms with Crippen LogP contribution in [-0.4, -0.2) is 34.0 Å². The molecule has 1 saturated carbocycles. The molecule has 0 bridgehead atoms. The van der Waals surface area contributed by atoms with E-state index < -0.39 is 13.4 Å². The zero-order valence-corrected chi connectivity index (χ0v) is 20.1. The Morgan fingerprint density at radius 1 is 1.24 bits per heavy atom.